The molecule has 0 saturated heterocycles. The van der Waals surface area contributed by atoms with Gasteiger partial charge in [0.25, 0.3) is 6.43 Å². The van der Waals surface area contributed by atoms with Gasteiger partial charge in [0.2, 0.25) is 5.78 Å². The molecule has 0 bridgehead atoms. The van der Waals surface area contributed by atoms with Crippen LogP contribution >= 0.6 is 11.6 Å². The zero-order valence-electron chi connectivity index (χ0n) is 13.1. The Morgan fingerprint density at radius 2 is 2.08 bits per heavy atom. The van der Waals surface area contributed by atoms with Crippen LogP contribution in [0.25, 0.3) is 16.7 Å². The lowest BCUT2D eigenvalue weighted by atomic mass is 10.1. The molecule has 0 aliphatic heterocycles. The molecule has 0 unspecified atom stereocenters. The maximum Gasteiger partial charge on any atom is 0.266 e. The Bertz CT molecular complexity index is 1110. The van der Waals surface area contributed by atoms with Crippen molar-refractivity contribution in [2.24, 2.45) is 0 Å². The average molecular weight is 378 g/mol. The molecule has 0 radical (unpaired) electrons. The highest BCUT2D eigenvalue weighted by Crippen LogP contribution is 2.27. The van der Waals surface area contributed by atoms with Crippen LogP contribution in [0.3, 0.4) is 0 Å². The van der Waals surface area contributed by atoms with Gasteiger partial charge in [-0.3, -0.25) is 4.40 Å². The largest absolute Gasteiger partial charge is 0.365 e. The van der Waals surface area contributed by atoms with Gasteiger partial charge in [-0.15, -0.1) is 0 Å². The highest BCUT2D eigenvalue weighted by molar-refractivity contribution is 6.30. The maximum atomic E-state index is 14.2. The first-order chi connectivity index (χ1) is 12.5. The number of hydrogen-bond donors (Lipinski definition) is 1. The van der Waals surface area contributed by atoms with Gasteiger partial charge in [-0.05, 0) is 6.07 Å². The maximum absolute atomic E-state index is 14.2. The minimum atomic E-state index is -2.87. The summed E-state index contributed by atoms with van der Waals surface area (Å²) in [6.45, 7) is -0.0225. The van der Waals surface area contributed by atoms with Crippen molar-refractivity contribution >= 4 is 34.1 Å². The van der Waals surface area contributed by atoms with Crippen LogP contribution in [0.2, 0.25) is 5.15 Å². The van der Waals surface area contributed by atoms with Gasteiger partial charge in [0.05, 0.1) is 17.3 Å². The fourth-order valence-electron chi connectivity index (χ4n) is 2.75. The predicted octanol–water partition coefficient (Wildman–Crippen LogP) is 4.62. The molecular weight excluding hydrogens is 367 g/mol. The van der Waals surface area contributed by atoms with E-state index in [0.29, 0.717) is 22.5 Å². The van der Waals surface area contributed by atoms with E-state index in [-0.39, 0.29) is 17.3 Å². The molecule has 132 valence electrons. The average Bonchev–Trinajstić information content (AvgIpc) is 3.08. The summed E-state index contributed by atoms with van der Waals surface area (Å²) in [7, 11) is 0. The van der Waals surface area contributed by atoms with Gasteiger partial charge in [-0.1, -0.05) is 29.8 Å². The molecule has 0 spiro atoms. The van der Waals surface area contributed by atoms with Crippen molar-refractivity contribution in [3.05, 3.63) is 65.0 Å². The molecule has 26 heavy (non-hydrogen) atoms. The Labute approximate surface area is 150 Å². The smallest absolute Gasteiger partial charge is 0.266 e. The second-order valence-corrected chi connectivity index (χ2v) is 5.94. The number of fused-ring (bicyclic) bond motifs is 3. The number of benzene rings is 1. The van der Waals surface area contributed by atoms with Gasteiger partial charge >= 0.3 is 0 Å². The number of hydrogen-bond acceptors (Lipinski definition) is 4. The van der Waals surface area contributed by atoms with Crippen molar-refractivity contribution < 1.29 is 13.2 Å². The van der Waals surface area contributed by atoms with Crippen LogP contribution in [0.4, 0.5) is 19.0 Å². The van der Waals surface area contributed by atoms with Crippen LogP contribution in [0.1, 0.15) is 17.6 Å². The summed E-state index contributed by atoms with van der Waals surface area (Å²) < 4.78 is 41.7. The van der Waals surface area contributed by atoms with Crippen LogP contribution in [0.5, 0.6) is 0 Å². The normalized spacial score (nSPS) is 11.6. The monoisotopic (exact) mass is 377 g/mol. The summed E-state index contributed by atoms with van der Waals surface area (Å²) in [5.74, 6) is -0.100. The summed E-state index contributed by atoms with van der Waals surface area (Å²) >= 11 is 5.98. The van der Waals surface area contributed by atoms with Gasteiger partial charge in [0.1, 0.15) is 16.8 Å². The lowest BCUT2D eigenvalue weighted by Gasteiger charge is -2.12. The van der Waals surface area contributed by atoms with Crippen molar-refractivity contribution in [3.63, 3.8) is 0 Å². The quantitative estimate of drug-likeness (QED) is 0.527. The van der Waals surface area contributed by atoms with E-state index < -0.39 is 17.8 Å². The van der Waals surface area contributed by atoms with E-state index in [0.717, 1.165) is 6.07 Å². The molecule has 3 aromatic heterocycles. The molecule has 0 saturated carbocycles. The van der Waals surface area contributed by atoms with Crippen LogP contribution in [0, 0.1) is 5.82 Å². The molecule has 9 heteroatoms. The van der Waals surface area contributed by atoms with Gasteiger partial charge < -0.3 is 5.32 Å². The molecule has 0 aliphatic carbocycles. The first kappa shape index (κ1) is 16.6. The number of aromatic nitrogens is 4. The Morgan fingerprint density at radius 1 is 1.23 bits per heavy atom. The summed E-state index contributed by atoms with van der Waals surface area (Å²) in [6, 6.07) is 5.53. The number of nitrogens with one attached hydrogen (secondary N) is 1. The number of alkyl halides is 2. The molecule has 1 N–H and O–H groups in total. The van der Waals surface area contributed by atoms with E-state index in [1.165, 1.54) is 12.1 Å². The molecule has 1 aromatic carbocycles. The van der Waals surface area contributed by atoms with Gasteiger partial charge in [-0.25, -0.2) is 23.1 Å². The second-order valence-electron chi connectivity index (χ2n) is 5.56. The summed E-state index contributed by atoms with van der Waals surface area (Å²) in [6.07, 6.45) is 2.03. The molecule has 0 amide bonds. The Kier molecular flexibility index (Phi) is 4.12. The van der Waals surface area contributed by atoms with Crippen LogP contribution in [-0.4, -0.2) is 19.4 Å². The van der Waals surface area contributed by atoms with E-state index >= 15 is 0 Å². The molecule has 4 aromatic rings. The van der Waals surface area contributed by atoms with E-state index in [2.05, 4.69) is 20.3 Å². The summed E-state index contributed by atoms with van der Waals surface area (Å²) in [5, 5.41) is 3.91. The van der Waals surface area contributed by atoms with Crippen molar-refractivity contribution in [2.75, 3.05) is 5.32 Å². The van der Waals surface area contributed by atoms with Crippen LogP contribution in [0.15, 0.2) is 42.9 Å². The third kappa shape index (κ3) is 2.82. The Morgan fingerprint density at radius 3 is 2.88 bits per heavy atom. The lowest BCUT2D eigenvalue weighted by Crippen LogP contribution is -2.07. The third-order valence-electron chi connectivity index (χ3n) is 3.99. The number of nitrogens with zero attached hydrogens (tertiary/aromatic N) is 4. The van der Waals surface area contributed by atoms with Crippen molar-refractivity contribution in [2.45, 2.75) is 13.0 Å². The van der Waals surface area contributed by atoms with Crippen molar-refractivity contribution in [1.82, 2.24) is 19.4 Å². The Hall–Kier alpha value is -2.87. The van der Waals surface area contributed by atoms with Gasteiger partial charge in [0, 0.05) is 29.9 Å². The highest BCUT2D eigenvalue weighted by Gasteiger charge is 2.16. The number of rotatable bonds is 4. The number of pyridine rings is 1. The minimum absolute atomic E-state index is 0.0225. The molecule has 0 aliphatic rings. The van der Waals surface area contributed by atoms with E-state index in [4.69, 9.17) is 11.6 Å². The van der Waals surface area contributed by atoms with Crippen molar-refractivity contribution in [3.8, 4) is 0 Å². The third-order valence-corrected chi connectivity index (χ3v) is 4.19. The Balaban J connectivity index is 1.75. The van der Waals surface area contributed by atoms with E-state index in [9.17, 15) is 13.2 Å². The van der Waals surface area contributed by atoms with Gasteiger partial charge in [0.15, 0.2) is 0 Å². The summed E-state index contributed by atoms with van der Waals surface area (Å²) in [5.41, 5.74) is 0.195. The standard InChI is InChI=1S/C17H11ClF3N5/c18-13-6-11-12(8-23-13)26-5-4-22-17(26)25-16(11)24-7-9-2-1-3-10(14(9)19)15(20)21/h1-6,8,15H,7H2,(H,22,24,25). The highest BCUT2D eigenvalue weighted by atomic mass is 35.5. The SMILES string of the molecule is Fc1c(CNc2nc3nccn3c3cnc(Cl)cc23)cccc1C(F)F. The topological polar surface area (TPSA) is 55.1 Å². The summed E-state index contributed by atoms with van der Waals surface area (Å²) in [4.78, 5) is 12.6. The number of halogens is 4. The minimum Gasteiger partial charge on any atom is -0.365 e. The number of anilines is 1. The van der Waals surface area contributed by atoms with Crippen LogP contribution < -0.4 is 5.32 Å². The molecular formula is C17H11ClF3N5. The lowest BCUT2D eigenvalue weighted by molar-refractivity contribution is 0.146. The van der Waals surface area contributed by atoms with Crippen LogP contribution in [-0.2, 0) is 6.54 Å². The predicted molar refractivity (Wildman–Crippen MR) is 92.0 cm³/mol. The van der Waals surface area contributed by atoms with E-state index in [1.54, 1.807) is 29.1 Å². The molecule has 5 nitrogen and oxygen atoms in total. The van der Waals surface area contributed by atoms with Gasteiger partial charge in [-0.2, -0.15) is 4.98 Å². The number of imidazole rings is 1. The zero-order valence-corrected chi connectivity index (χ0v) is 13.9. The fraction of sp³-hybridized carbons (Fsp3) is 0.118. The molecule has 0 atom stereocenters. The van der Waals surface area contributed by atoms with Crippen molar-refractivity contribution in [1.29, 1.82) is 0 Å². The second kappa shape index (κ2) is 6.45. The zero-order chi connectivity index (χ0) is 18.3. The fourth-order valence-corrected chi connectivity index (χ4v) is 2.91. The molecule has 4 rings (SSSR count). The first-order valence-electron chi connectivity index (χ1n) is 7.62. The molecule has 0 fully saturated rings. The first-order valence-corrected chi connectivity index (χ1v) is 8.00. The molecule has 3 heterocycles. The van der Waals surface area contributed by atoms with E-state index in [1.807, 2.05) is 0 Å².